The quantitative estimate of drug-likeness (QED) is 0.586. The maximum Gasteiger partial charge on any atom is 0.328 e. The average molecular weight is 240 g/mol. The van der Waals surface area contributed by atoms with E-state index in [1.165, 1.54) is 29.1 Å². The van der Waals surface area contributed by atoms with Crippen LogP contribution in [0.1, 0.15) is 0 Å². The summed E-state index contributed by atoms with van der Waals surface area (Å²) in [4.78, 5) is 26.7. The molecule has 2 N–H and O–H groups in total. The van der Waals surface area contributed by atoms with Crippen molar-refractivity contribution in [2.75, 3.05) is 17.7 Å². The van der Waals surface area contributed by atoms with Crippen molar-refractivity contribution in [2.45, 2.75) is 0 Å². The third-order valence-corrected chi connectivity index (χ3v) is 2.55. The van der Waals surface area contributed by atoms with E-state index < -0.39 is 11.8 Å². The van der Waals surface area contributed by atoms with Crippen LogP contribution in [0.4, 0.5) is 0 Å². The normalized spacial score (nSPS) is 14.4. The lowest BCUT2D eigenvalue weighted by Crippen LogP contribution is -2.40. The third-order valence-electron chi connectivity index (χ3n) is 1.66. The second-order valence-electron chi connectivity index (χ2n) is 2.80. The summed E-state index contributed by atoms with van der Waals surface area (Å²) in [6.45, 7) is 0.660. The SMILES string of the molecule is O=C(NC1=NCCS1)C(=O)Nn1cnnc1. The Hall–Kier alpha value is -1.90. The van der Waals surface area contributed by atoms with E-state index in [1.807, 2.05) is 0 Å². The largest absolute Gasteiger partial charge is 0.328 e. The summed E-state index contributed by atoms with van der Waals surface area (Å²) >= 11 is 1.40. The molecular formula is C7H8N6O2S. The van der Waals surface area contributed by atoms with Gasteiger partial charge in [0.2, 0.25) is 0 Å². The Kier molecular flexibility index (Phi) is 3.15. The highest BCUT2D eigenvalue weighted by Gasteiger charge is 2.17. The van der Waals surface area contributed by atoms with Crippen LogP contribution >= 0.6 is 11.8 Å². The Morgan fingerprint density at radius 3 is 2.69 bits per heavy atom. The summed E-state index contributed by atoms with van der Waals surface area (Å²) in [6, 6.07) is 0. The summed E-state index contributed by atoms with van der Waals surface area (Å²) < 4.78 is 1.19. The molecule has 9 heteroatoms. The molecule has 0 saturated carbocycles. The monoisotopic (exact) mass is 240 g/mol. The first-order valence-corrected chi connectivity index (χ1v) is 5.38. The van der Waals surface area contributed by atoms with Crippen molar-refractivity contribution < 1.29 is 9.59 Å². The first kappa shape index (κ1) is 10.6. The van der Waals surface area contributed by atoms with Gasteiger partial charge >= 0.3 is 11.8 Å². The van der Waals surface area contributed by atoms with Gasteiger partial charge in [0.05, 0.1) is 6.54 Å². The summed E-state index contributed by atoms with van der Waals surface area (Å²) in [5.41, 5.74) is 2.27. The van der Waals surface area contributed by atoms with E-state index in [2.05, 4.69) is 25.9 Å². The number of amidine groups is 1. The van der Waals surface area contributed by atoms with Crippen LogP contribution in [0.2, 0.25) is 0 Å². The lowest BCUT2D eigenvalue weighted by molar-refractivity contribution is -0.135. The van der Waals surface area contributed by atoms with E-state index >= 15 is 0 Å². The fraction of sp³-hybridized carbons (Fsp3) is 0.286. The second kappa shape index (κ2) is 4.75. The summed E-state index contributed by atoms with van der Waals surface area (Å²) in [6.07, 6.45) is 2.54. The predicted molar refractivity (Wildman–Crippen MR) is 57.3 cm³/mol. The lowest BCUT2D eigenvalue weighted by atomic mass is 10.6. The van der Waals surface area contributed by atoms with Crippen LogP contribution in [0.25, 0.3) is 0 Å². The molecule has 84 valence electrons. The van der Waals surface area contributed by atoms with Gasteiger partial charge in [-0.2, -0.15) is 0 Å². The molecule has 1 aromatic rings. The topological polar surface area (TPSA) is 101 Å². The minimum Gasteiger partial charge on any atom is -0.297 e. The molecule has 16 heavy (non-hydrogen) atoms. The number of amides is 2. The number of carbonyl (C=O) groups excluding carboxylic acids is 2. The molecule has 1 aromatic heterocycles. The van der Waals surface area contributed by atoms with Crippen molar-refractivity contribution in [3.8, 4) is 0 Å². The highest BCUT2D eigenvalue weighted by Crippen LogP contribution is 2.08. The van der Waals surface area contributed by atoms with Gasteiger partial charge in [-0.15, -0.1) is 10.2 Å². The van der Waals surface area contributed by atoms with Crippen molar-refractivity contribution >= 4 is 28.7 Å². The molecular weight excluding hydrogens is 232 g/mol. The van der Waals surface area contributed by atoms with Crippen LogP contribution in [-0.2, 0) is 9.59 Å². The highest BCUT2D eigenvalue weighted by molar-refractivity contribution is 8.14. The van der Waals surface area contributed by atoms with Crippen molar-refractivity contribution in [3.63, 3.8) is 0 Å². The molecule has 0 bridgehead atoms. The lowest BCUT2D eigenvalue weighted by Gasteiger charge is -2.04. The van der Waals surface area contributed by atoms with Crippen molar-refractivity contribution in [2.24, 2.45) is 4.99 Å². The summed E-state index contributed by atoms with van der Waals surface area (Å²) in [7, 11) is 0. The fourth-order valence-electron chi connectivity index (χ4n) is 0.991. The average Bonchev–Trinajstić information content (AvgIpc) is 2.90. The first-order chi connectivity index (χ1) is 7.75. The number of hydrogen-bond acceptors (Lipinski definition) is 6. The van der Waals surface area contributed by atoms with Gasteiger partial charge in [-0.1, -0.05) is 11.8 Å². The Morgan fingerprint density at radius 1 is 1.31 bits per heavy atom. The molecule has 0 unspecified atom stereocenters. The Labute approximate surface area is 94.5 Å². The molecule has 1 aliphatic rings. The van der Waals surface area contributed by atoms with E-state index in [-0.39, 0.29) is 0 Å². The highest BCUT2D eigenvalue weighted by atomic mass is 32.2. The number of carbonyl (C=O) groups is 2. The minimum atomic E-state index is -0.796. The number of aliphatic imine (C=N–C) groups is 1. The van der Waals surface area contributed by atoms with Gasteiger partial charge in [0, 0.05) is 5.75 Å². The van der Waals surface area contributed by atoms with Gasteiger partial charge in [-0.25, -0.2) is 4.68 Å². The molecule has 0 atom stereocenters. The van der Waals surface area contributed by atoms with E-state index in [0.717, 1.165) is 5.75 Å². The van der Waals surface area contributed by atoms with Crippen LogP contribution in [-0.4, -0.2) is 44.2 Å². The molecule has 0 aromatic carbocycles. The Morgan fingerprint density at radius 2 is 2.06 bits per heavy atom. The smallest absolute Gasteiger partial charge is 0.297 e. The Balaban J connectivity index is 1.87. The van der Waals surface area contributed by atoms with Gasteiger partial charge in [0.25, 0.3) is 0 Å². The zero-order valence-electron chi connectivity index (χ0n) is 8.08. The summed E-state index contributed by atoms with van der Waals surface area (Å²) in [5.74, 6) is -0.736. The molecule has 0 spiro atoms. The van der Waals surface area contributed by atoms with Crippen LogP contribution < -0.4 is 10.7 Å². The van der Waals surface area contributed by atoms with Crippen LogP contribution in [0.5, 0.6) is 0 Å². The van der Waals surface area contributed by atoms with Crippen LogP contribution in [0.15, 0.2) is 17.6 Å². The third kappa shape index (κ3) is 2.57. The number of aromatic nitrogens is 3. The molecule has 0 aliphatic carbocycles. The first-order valence-electron chi connectivity index (χ1n) is 4.40. The van der Waals surface area contributed by atoms with E-state index in [1.54, 1.807) is 0 Å². The standard InChI is InChI=1S/C7H8N6O2S/c14-5(11-7-8-1-2-16-7)6(15)12-13-3-9-10-4-13/h3-4H,1-2H2,(H,12,15)(H,8,11,14). The second-order valence-corrected chi connectivity index (χ2v) is 3.88. The van der Waals surface area contributed by atoms with Gasteiger partial charge in [-0.3, -0.25) is 25.3 Å². The maximum atomic E-state index is 11.4. The predicted octanol–water partition coefficient (Wildman–Crippen LogP) is -1.43. The van der Waals surface area contributed by atoms with Gasteiger partial charge in [0.15, 0.2) is 5.17 Å². The van der Waals surface area contributed by atoms with Gasteiger partial charge < -0.3 is 0 Å². The Bertz CT molecular complexity index is 428. The van der Waals surface area contributed by atoms with Crippen LogP contribution in [0, 0.1) is 0 Å². The number of rotatable bonds is 1. The fourth-order valence-corrected chi connectivity index (χ4v) is 1.71. The van der Waals surface area contributed by atoms with E-state index in [0.29, 0.717) is 11.7 Å². The summed E-state index contributed by atoms with van der Waals surface area (Å²) in [5, 5.41) is 9.83. The van der Waals surface area contributed by atoms with Crippen molar-refractivity contribution in [1.82, 2.24) is 20.2 Å². The van der Waals surface area contributed by atoms with Crippen LogP contribution in [0.3, 0.4) is 0 Å². The van der Waals surface area contributed by atoms with E-state index in [9.17, 15) is 9.59 Å². The number of thioether (sulfide) groups is 1. The number of hydrogen-bond donors (Lipinski definition) is 2. The van der Waals surface area contributed by atoms with E-state index in [4.69, 9.17) is 0 Å². The van der Waals surface area contributed by atoms with Gasteiger partial charge in [0.1, 0.15) is 12.7 Å². The number of nitrogens with one attached hydrogen (secondary N) is 2. The molecule has 2 amide bonds. The zero-order valence-corrected chi connectivity index (χ0v) is 8.90. The maximum absolute atomic E-state index is 11.4. The minimum absolute atomic E-state index is 0.476. The molecule has 2 rings (SSSR count). The number of nitrogens with zero attached hydrogens (tertiary/aromatic N) is 4. The van der Waals surface area contributed by atoms with Crippen molar-refractivity contribution in [1.29, 1.82) is 0 Å². The zero-order chi connectivity index (χ0) is 11.4. The van der Waals surface area contributed by atoms with Gasteiger partial charge in [-0.05, 0) is 0 Å². The molecule has 8 nitrogen and oxygen atoms in total. The molecule has 0 radical (unpaired) electrons. The molecule has 0 fully saturated rings. The molecule has 1 aliphatic heterocycles. The van der Waals surface area contributed by atoms with Crippen molar-refractivity contribution in [3.05, 3.63) is 12.7 Å². The molecule has 2 heterocycles. The molecule has 0 saturated heterocycles.